The lowest BCUT2D eigenvalue weighted by Crippen LogP contribution is -2.30. The van der Waals surface area contributed by atoms with Crippen molar-refractivity contribution < 1.29 is 80.2 Å². The fourth-order valence-corrected chi connectivity index (χ4v) is 12.8. The first-order valence-corrected chi connectivity index (χ1v) is 41.4. The number of aliphatic hydroxyl groups is 1. The quantitative estimate of drug-likeness (QED) is 0.0222. The molecule has 0 aliphatic rings. The second-order valence-electron chi connectivity index (χ2n) is 27.9. The van der Waals surface area contributed by atoms with Crippen molar-refractivity contribution in [2.24, 2.45) is 17.8 Å². The lowest BCUT2D eigenvalue weighted by molar-refractivity contribution is -0.161. The summed E-state index contributed by atoms with van der Waals surface area (Å²) in [5.74, 6) is 0.221. The molecule has 0 aliphatic heterocycles. The van der Waals surface area contributed by atoms with Gasteiger partial charge in [0.1, 0.15) is 19.3 Å². The summed E-state index contributed by atoms with van der Waals surface area (Å²) >= 11 is 0. The van der Waals surface area contributed by atoms with E-state index in [4.69, 9.17) is 37.0 Å². The molecule has 552 valence electrons. The van der Waals surface area contributed by atoms with Gasteiger partial charge >= 0.3 is 39.5 Å². The van der Waals surface area contributed by atoms with Crippen LogP contribution >= 0.6 is 15.6 Å². The van der Waals surface area contributed by atoms with Crippen LogP contribution in [0.15, 0.2) is 0 Å². The minimum atomic E-state index is -4.96. The van der Waals surface area contributed by atoms with E-state index in [1.807, 2.05) is 0 Å². The van der Waals surface area contributed by atoms with E-state index in [1.165, 1.54) is 173 Å². The molecule has 0 heterocycles. The van der Waals surface area contributed by atoms with Crippen molar-refractivity contribution in [3.05, 3.63) is 0 Å². The Kier molecular flexibility index (Phi) is 63.4. The molecule has 0 radical (unpaired) electrons. The molecule has 0 amide bonds. The van der Waals surface area contributed by atoms with Crippen LogP contribution in [0.5, 0.6) is 0 Å². The zero-order valence-electron chi connectivity index (χ0n) is 60.7. The van der Waals surface area contributed by atoms with Crippen LogP contribution in [0.25, 0.3) is 0 Å². The molecule has 0 rings (SSSR count). The highest BCUT2D eigenvalue weighted by molar-refractivity contribution is 7.47. The van der Waals surface area contributed by atoms with E-state index in [0.717, 1.165) is 115 Å². The maximum absolute atomic E-state index is 13.1. The zero-order valence-corrected chi connectivity index (χ0v) is 62.5. The van der Waals surface area contributed by atoms with E-state index in [9.17, 15) is 43.2 Å². The van der Waals surface area contributed by atoms with Gasteiger partial charge < -0.3 is 33.8 Å². The molecule has 0 saturated carbocycles. The van der Waals surface area contributed by atoms with E-state index in [2.05, 4.69) is 48.5 Å². The Bertz CT molecular complexity index is 1820. The van der Waals surface area contributed by atoms with E-state index >= 15 is 0 Å². The first kappa shape index (κ1) is 91.1. The van der Waals surface area contributed by atoms with E-state index < -0.39 is 97.5 Å². The molecular formula is C74H144O17P2. The molecule has 3 unspecified atom stereocenters. The van der Waals surface area contributed by atoms with Crippen LogP contribution in [-0.2, 0) is 65.4 Å². The highest BCUT2D eigenvalue weighted by Crippen LogP contribution is 2.45. The number of carbonyl (C=O) groups is 4. The van der Waals surface area contributed by atoms with E-state index in [0.29, 0.717) is 31.6 Å². The van der Waals surface area contributed by atoms with Crippen LogP contribution in [0.1, 0.15) is 376 Å². The van der Waals surface area contributed by atoms with E-state index in [-0.39, 0.29) is 25.7 Å². The first-order valence-electron chi connectivity index (χ1n) is 38.4. The van der Waals surface area contributed by atoms with Gasteiger partial charge in [0.05, 0.1) is 26.4 Å². The lowest BCUT2D eigenvalue weighted by Gasteiger charge is -2.21. The normalized spacial score (nSPS) is 14.4. The largest absolute Gasteiger partial charge is 0.472 e. The maximum Gasteiger partial charge on any atom is 0.472 e. The van der Waals surface area contributed by atoms with Crippen LogP contribution < -0.4 is 0 Å². The van der Waals surface area contributed by atoms with Crippen LogP contribution in [0.4, 0.5) is 0 Å². The van der Waals surface area contributed by atoms with Crippen molar-refractivity contribution in [1.82, 2.24) is 0 Å². The molecule has 0 aromatic heterocycles. The number of rotatable bonds is 72. The van der Waals surface area contributed by atoms with Crippen LogP contribution in [-0.4, -0.2) is 96.7 Å². The molecular weight excluding hydrogens is 1220 g/mol. The topological polar surface area (TPSA) is 237 Å². The number of hydrogen-bond acceptors (Lipinski definition) is 15. The predicted octanol–water partition coefficient (Wildman–Crippen LogP) is 21.4. The van der Waals surface area contributed by atoms with Gasteiger partial charge in [0.25, 0.3) is 0 Å². The molecule has 19 heteroatoms. The Morgan fingerprint density at radius 1 is 0.312 bits per heavy atom. The molecule has 0 spiro atoms. The fraction of sp³-hybridized carbons (Fsp3) is 0.946. The Balaban J connectivity index is 5.18. The van der Waals surface area contributed by atoms with Gasteiger partial charge in [0.15, 0.2) is 12.2 Å². The smallest absolute Gasteiger partial charge is 0.462 e. The number of carbonyl (C=O) groups excluding carboxylic acids is 4. The third kappa shape index (κ3) is 67.0. The highest BCUT2D eigenvalue weighted by atomic mass is 31.2. The second kappa shape index (κ2) is 64.7. The second-order valence-corrected chi connectivity index (χ2v) is 30.8. The number of phosphoric acid groups is 2. The summed E-state index contributed by atoms with van der Waals surface area (Å²) in [6, 6.07) is 0. The summed E-state index contributed by atoms with van der Waals surface area (Å²) in [7, 11) is -9.90. The molecule has 0 aromatic rings. The van der Waals surface area contributed by atoms with Crippen molar-refractivity contribution in [1.29, 1.82) is 0 Å². The average molecular weight is 1370 g/mol. The number of aliphatic hydroxyl groups excluding tert-OH is 1. The molecule has 3 N–H and O–H groups in total. The number of unbranched alkanes of at least 4 members (excludes halogenated alkanes) is 39. The molecule has 6 atom stereocenters. The van der Waals surface area contributed by atoms with Crippen molar-refractivity contribution >= 4 is 39.5 Å². The van der Waals surface area contributed by atoms with Crippen molar-refractivity contribution in [2.45, 2.75) is 394 Å². The Morgan fingerprint density at radius 3 is 0.817 bits per heavy atom. The SMILES string of the molecule is CCCCCCCCCC(=O)OC[C@H](COP(=O)(O)OC[C@H](O)COP(=O)(O)OC[C@@H](COC(=O)CCCCCCCCCCCCCCCCC(C)CC)OC(=O)CCCCCCCCCCCCCCCCCC(C)C)OC(=O)CCCCCCCCCC(C)C. The first-order chi connectivity index (χ1) is 44.8. The summed E-state index contributed by atoms with van der Waals surface area (Å²) in [6.45, 7) is 11.9. The highest BCUT2D eigenvalue weighted by Gasteiger charge is 2.30. The average Bonchev–Trinajstić information content (AvgIpc) is 1.87. The summed E-state index contributed by atoms with van der Waals surface area (Å²) in [5, 5.41) is 10.6. The van der Waals surface area contributed by atoms with Crippen molar-refractivity contribution in [2.75, 3.05) is 39.6 Å². The Labute approximate surface area is 568 Å². The number of phosphoric ester groups is 2. The molecule has 0 aromatic carbocycles. The monoisotopic (exact) mass is 1370 g/mol. The zero-order chi connectivity index (χ0) is 68.7. The van der Waals surface area contributed by atoms with Gasteiger partial charge in [-0.2, -0.15) is 0 Å². The standard InChI is InChI=1S/C74H144O17P2/c1-8-10-11-12-31-41-48-55-71(76)84-61-69(91-74(79)58-51-44-37-30-33-39-46-53-66(5)6)63-88-92(80,81)86-59-68(75)60-87-93(82,83)89-64-70(90-73(78)57-50-43-36-29-25-21-15-13-14-18-22-26-32-38-45-52-65(3)4)62-85-72(77)56-49-42-35-28-24-20-17-16-19-23-27-34-40-47-54-67(7)9-2/h65-70,75H,8-64H2,1-7H3,(H,80,81)(H,82,83)/t67?,68-,69+,70+/m0/s1. The van der Waals surface area contributed by atoms with Gasteiger partial charge in [0.2, 0.25) is 0 Å². The minimum absolute atomic E-state index is 0.103. The van der Waals surface area contributed by atoms with Gasteiger partial charge in [-0.3, -0.25) is 37.3 Å². The summed E-state index contributed by atoms with van der Waals surface area (Å²) in [4.78, 5) is 72.5. The Hall–Kier alpha value is -1.94. The van der Waals surface area contributed by atoms with Crippen molar-refractivity contribution in [3.8, 4) is 0 Å². The predicted molar refractivity (Wildman–Crippen MR) is 377 cm³/mol. The number of hydrogen-bond donors (Lipinski definition) is 3. The Morgan fingerprint density at radius 2 is 0.548 bits per heavy atom. The van der Waals surface area contributed by atoms with Gasteiger partial charge in [-0.15, -0.1) is 0 Å². The van der Waals surface area contributed by atoms with Gasteiger partial charge in [-0.1, -0.05) is 325 Å². The minimum Gasteiger partial charge on any atom is -0.462 e. The van der Waals surface area contributed by atoms with Gasteiger partial charge in [-0.25, -0.2) is 9.13 Å². The molecule has 0 aliphatic carbocycles. The molecule has 0 fully saturated rings. The molecule has 17 nitrogen and oxygen atoms in total. The van der Waals surface area contributed by atoms with Crippen LogP contribution in [0.2, 0.25) is 0 Å². The third-order valence-electron chi connectivity index (χ3n) is 17.5. The summed E-state index contributed by atoms with van der Waals surface area (Å²) in [5.41, 5.74) is 0. The number of ether oxygens (including phenoxy) is 4. The maximum atomic E-state index is 13.1. The molecule has 93 heavy (non-hydrogen) atoms. The van der Waals surface area contributed by atoms with Crippen molar-refractivity contribution in [3.63, 3.8) is 0 Å². The fourth-order valence-electron chi connectivity index (χ4n) is 11.2. The number of esters is 4. The third-order valence-corrected chi connectivity index (χ3v) is 19.4. The van der Waals surface area contributed by atoms with Crippen LogP contribution in [0.3, 0.4) is 0 Å². The molecule has 0 saturated heterocycles. The van der Waals surface area contributed by atoms with E-state index in [1.54, 1.807) is 0 Å². The van der Waals surface area contributed by atoms with Gasteiger partial charge in [-0.05, 0) is 43.4 Å². The summed E-state index contributed by atoms with van der Waals surface area (Å²) < 4.78 is 68.3. The lowest BCUT2D eigenvalue weighted by atomic mass is 9.99. The van der Waals surface area contributed by atoms with Crippen LogP contribution in [0, 0.1) is 17.8 Å². The van der Waals surface area contributed by atoms with Gasteiger partial charge in [0, 0.05) is 25.7 Å². The molecule has 0 bridgehead atoms. The summed E-state index contributed by atoms with van der Waals surface area (Å²) in [6.07, 6.45) is 50.2.